The van der Waals surface area contributed by atoms with E-state index in [1.807, 2.05) is 0 Å². The monoisotopic (exact) mass is 253 g/mol. The molecule has 0 amide bonds. The highest BCUT2D eigenvalue weighted by Gasteiger charge is 2.31. The lowest BCUT2D eigenvalue weighted by atomic mass is 9.81. The van der Waals surface area contributed by atoms with E-state index >= 15 is 0 Å². The van der Waals surface area contributed by atoms with Crippen molar-refractivity contribution in [1.29, 1.82) is 0 Å². The lowest BCUT2D eigenvalue weighted by molar-refractivity contribution is -0.111. The first kappa shape index (κ1) is 15.7. The van der Waals surface area contributed by atoms with Gasteiger partial charge in [-0.3, -0.25) is 0 Å². The van der Waals surface area contributed by atoms with Crippen LogP contribution < -0.4 is 5.32 Å². The summed E-state index contributed by atoms with van der Waals surface area (Å²) in [5.41, 5.74) is 0.178. The standard InChI is InChI=1S/C16H31NO/c1-4-12-16(5-2,6-3)17-15(13-18)14-10-8-7-9-11-14/h13-15,17H,4-12H2,1-3H3. The molecular formula is C16H31NO. The number of rotatable bonds is 8. The molecule has 1 fully saturated rings. The van der Waals surface area contributed by atoms with Gasteiger partial charge < -0.3 is 10.1 Å². The van der Waals surface area contributed by atoms with Crippen LogP contribution in [0, 0.1) is 5.92 Å². The van der Waals surface area contributed by atoms with E-state index in [-0.39, 0.29) is 11.6 Å². The van der Waals surface area contributed by atoms with Crippen molar-refractivity contribution < 1.29 is 4.79 Å². The van der Waals surface area contributed by atoms with Crippen molar-refractivity contribution >= 4 is 6.29 Å². The fourth-order valence-electron chi connectivity index (χ4n) is 3.47. The highest BCUT2D eigenvalue weighted by molar-refractivity contribution is 5.58. The smallest absolute Gasteiger partial charge is 0.137 e. The lowest BCUT2D eigenvalue weighted by Gasteiger charge is -2.39. The zero-order valence-electron chi connectivity index (χ0n) is 12.5. The molecule has 106 valence electrons. The van der Waals surface area contributed by atoms with E-state index in [9.17, 15) is 4.79 Å². The highest BCUT2D eigenvalue weighted by atomic mass is 16.1. The van der Waals surface area contributed by atoms with Crippen LogP contribution in [0.1, 0.15) is 78.6 Å². The molecule has 1 N–H and O–H groups in total. The first-order valence-electron chi connectivity index (χ1n) is 7.94. The van der Waals surface area contributed by atoms with Gasteiger partial charge in [0.15, 0.2) is 0 Å². The molecule has 0 aliphatic heterocycles. The average Bonchev–Trinajstić information content (AvgIpc) is 2.44. The fourth-order valence-corrected chi connectivity index (χ4v) is 3.47. The number of carbonyl (C=O) groups excluding carboxylic acids is 1. The van der Waals surface area contributed by atoms with Crippen LogP contribution in [-0.2, 0) is 4.79 Å². The molecule has 0 saturated heterocycles. The van der Waals surface area contributed by atoms with Crippen molar-refractivity contribution in [2.75, 3.05) is 0 Å². The van der Waals surface area contributed by atoms with Gasteiger partial charge in [0.05, 0.1) is 6.04 Å². The molecule has 0 radical (unpaired) electrons. The number of hydrogen-bond acceptors (Lipinski definition) is 2. The minimum Gasteiger partial charge on any atom is -0.302 e. The van der Waals surface area contributed by atoms with Gasteiger partial charge in [0.25, 0.3) is 0 Å². The summed E-state index contributed by atoms with van der Waals surface area (Å²) in [5, 5.41) is 3.72. The fraction of sp³-hybridized carbons (Fsp3) is 0.938. The van der Waals surface area contributed by atoms with Crippen LogP contribution in [-0.4, -0.2) is 17.9 Å². The van der Waals surface area contributed by atoms with Gasteiger partial charge in [0.2, 0.25) is 0 Å². The SMILES string of the molecule is CCCC(CC)(CC)NC(C=O)C1CCCCC1. The number of hydrogen-bond donors (Lipinski definition) is 1. The molecule has 0 aromatic heterocycles. The van der Waals surface area contributed by atoms with Gasteiger partial charge in [-0.2, -0.15) is 0 Å². The largest absolute Gasteiger partial charge is 0.302 e. The third-order valence-corrected chi connectivity index (χ3v) is 4.86. The van der Waals surface area contributed by atoms with Gasteiger partial charge in [-0.15, -0.1) is 0 Å². The normalized spacial score (nSPS) is 19.7. The van der Waals surface area contributed by atoms with E-state index < -0.39 is 0 Å². The summed E-state index contributed by atoms with van der Waals surface area (Å²) in [5.74, 6) is 0.575. The van der Waals surface area contributed by atoms with E-state index in [4.69, 9.17) is 0 Å². The molecule has 1 saturated carbocycles. The lowest BCUT2D eigenvalue weighted by Crippen LogP contribution is -2.53. The van der Waals surface area contributed by atoms with Crippen molar-refractivity contribution in [3.63, 3.8) is 0 Å². The second kappa shape index (κ2) is 7.93. The summed E-state index contributed by atoms with van der Waals surface area (Å²) in [7, 11) is 0. The molecular weight excluding hydrogens is 222 g/mol. The Morgan fingerprint density at radius 3 is 2.22 bits per heavy atom. The summed E-state index contributed by atoms with van der Waals surface area (Å²) in [6.45, 7) is 6.72. The van der Waals surface area contributed by atoms with Gasteiger partial charge in [0, 0.05) is 5.54 Å². The second-order valence-electron chi connectivity index (χ2n) is 5.94. The maximum Gasteiger partial charge on any atom is 0.137 e. The van der Waals surface area contributed by atoms with E-state index in [1.54, 1.807) is 0 Å². The van der Waals surface area contributed by atoms with Crippen LogP contribution in [0.2, 0.25) is 0 Å². The quantitative estimate of drug-likeness (QED) is 0.660. The molecule has 2 heteroatoms. The number of nitrogens with one attached hydrogen (secondary N) is 1. The Morgan fingerprint density at radius 2 is 1.78 bits per heavy atom. The summed E-state index contributed by atoms with van der Waals surface area (Å²) in [4.78, 5) is 11.5. The minimum atomic E-state index is 0.0803. The minimum absolute atomic E-state index is 0.0803. The molecule has 0 bridgehead atoms. The number of carbonyl (C=O) groups is 1. The van der Waals surface area contributed by atoms with Crippen LogP contribution in [0.25, 0.3) is 0 Å². The number of aldehydes is 1. The van der Waals surface area contributed by atoms with E-state index in [1.165, 1.54) is 51.2 Å². The Balaban J connectivity index is 2.65. The van der Waals surface area contributed by atoms with Crippen molar-refractivity contribution in [3.8, 4) is 0 Å². The van der Waals surface area contributed by atoms with Crippen molar-refractivity contribution in [2.45, 2.75) is 90.1 Å². The zero-order valence-corrected chi connectivity index (χ0v) is 12.5. The Labute approximate surface area is 113 Å². The highest BCUT2D eigenvalue weighted by Crippen LogP contribution is 2.29. The van der Waals surface area contributed by atoms with E-state index in [0.717, 1.165) is 12.8 Å². The van der Waals surface area contributed by atoms with Crippen molar-refractivity contribution in [2.24, 2.45) is 5.92 Å². The van der Waals surface area contributed by atoms with Crippen LogP contribution in [0.4, 0.5) is 0 Å². The Morgan fingerprint density at radius 1 is 1.17 bits per heavy atom. The molecule has 2 nitrogen and oxygen atoms in total. The average molecular weight is 253 g/mol. The molecule has 0 heterocycles. The molecule has 1 atom stereocenters. The van der Waals surface area contributed by atoms with Crippen molar-refractivity contribution in [3.05, 3.63) is 0 Å². The maximum atomic E-state index is 11.5. The van der Waals surface area contributed by atoms with E-state index in [2.05, 4.69) is 26.1 Å². The predicted octanol–water partition coefficient (Wildman–Crippen LogP) is 4.08. The molecule has 1 aliphatic carbocycles. The van der Waals surface area contributed by atoms with Crippen molar-refractivity contribution in [1.82, 2.24) is 5.32 Å². The van der Waals surface area contributed by atoms with Crippen LogP contribution in [0.3, 0.4) is 0 Å². The first-order chi connectivity index (χ1) is 8.71. The molecule has 1 rings (SSSR count). The second-order valence-corrected chi connectivity index (χ2v) is 5.94. The van der Waals surface area contributed by atoms with Gasteiger partial charge in [-0.05, 0) is 38.0 Å². The van der Waals surface area contributed by atoms with Crippen LogP contribution >= 0.6 is 0 Å². The Bertz CT molecular complexity index is 229. The maximum absolute atomic E-state index is 11.5. The topological polar surface area (TPSA) is 29.1 Å². The third-order valence-electron chi connectivity index (χ3n) is 4.86. The third kappa shape index (κ3) is 4.08. The molecule has 0 aromatic rings. The van der Waals surface area contributed by atoms with Gasteiger partial charge in [-0.25, -0.2) is 0 Å². The molecule has 0 aromatic carbocycles. The van der Waals surface area contributed by atoms with E-state index in [0.29, 0.717) is 5.92 Å². The Kier molecular flexibility index (Phi) is 6.91. The van der Waals surface area contributed by atoms with Gasteiger partial charge in [-0.1, -0.05) is 46.5 Å². The Hall–Kier alpha value is -0.370. The first-order valence-corrected chi connectivity index (χ1v) is 7.94. The molecule has 0 spiro atoms. The van der Waals surface area contributed by atoms with Crippen LogP contribution in [0.15, 0.2) is 0 Å². The van der Waals surface area contributed by atoms with Gasteiger partial charge >= 0.3 is 0 Å². The molecule has 18 heavy (non-hydrogen) atoms. The predicted molar refractivity (Wildman–Crippen MR) is 77.8 cm³/mol. The molecule has 1 aliphatic rings. The zero-order chi connectivity index (χ0) is 13.4. The molecule has 1 unspecified atom stereocenters. The summed E-state index contributed by atoms with van der Waals surface area (Å²) >= 11 is 0. The summed E-state index contributed by atoms with van der Waals surface area (Å²) in [6.07, 6.45) is 12.2. The summed E-state index contributed by atoms with van der Waals surface area (Å²) in [6, 6.07) is 0.0803. The van der Waals surface area contributed by atoms with Crippen LogP contribution in [0.5, 0.6) is 0 Å². The summed E-state index contributed by atoms with van der Waals surface area (Å²) < 4.78 is 0. The van der Waals surface area contributed by atoms with Gasteiger partial charge in [0.1, 0.15) is 6.29 Å².